The van der Waals surface area contributed by atoms with Gasteiger partial charge in [0.1, 0.15) is 28.1 Å². The van der Waals surface area contributed by atoms with E-state index in [1.165, 1.54) is 18.6 Å². The van der Waals surface area contributed by atoms with Crippen LogP contribution in [0.3, 0.4) is 0 Å². The van der Waals surface area contributed by atoms with Gasteiger partial charge < -0.3 is 23.4 Å². The number of benzene rings is 6. The lowest BCUT2D eigenvalue weighted by Gasteiger charge is -2.30. The van der Waals surface area contributed by atoms with Crippen molar-refractivity contribution in [3.63, 3.8) is 0 Å². The fraction of sp³-hybridized carbons (Fsp3) is 0.137. The van der Waals surface area contributed by atoms with E-state index in [1.54, 1.807) is 54.6 Å². The first-order chi connectivity index (χ1) is 29.1. The zero-order valence-corrected chi connectivity index (χ0v) is 33.4. The quantitative estimate of drug-likeness (QED) is 0.0588. The molecule has 61 heavy (non-hydrogen) atoms. The summed E-state index contributed by atoms with van der Waals surface area (Å²) in [7, 11) is 0. The van der Waals surface area contributed by atoms with Gasteiger partial charge in [-0.2, -0.15) is 13.2 Å². The number of rotatable bonds is 10. The van der Waals surface area contributed by atoms with Crippen LogP contribution in [0, 0.1) is 0 Å². The van der Waals surface area contributed by atoms with Crippen LogP contribution in [0.2, 0.25) is 0 Å². The molecule has 1 unspecified atom stereocenters. The van der Waals surface area contributed by atoms with Crippen molar-refractivity contribution < 1.29 is 46.1 Å². The van der Waals surface area contributed by atoms with Crippen LogP contribution < -0.4 is 9.47 Å². The molecular formula is C51H37F3O7. The average Bonchev–Trinajstić information content (AvgIpc) is 3.81. The highest BCUT2D eigenvalue weighted by molar-refractivity contribution is 6.09. The van der Waals surface area contributed by atoms with Gasteiger partial charge in [0.15, 0.2) is 0 Å². The first-order valence-corrected chi connectivity index (χ1v) is 19.4. The molecule has 2 aliphatic carbocycles. The van der Waals surface area contributed by atoms with Gasteiger partial charge in [0.05, 0.1) is 0 Å². The molecule has 0 N–H and O–H groups in total. The smallest absolute Gasteiger partial charge is 0.402 e. The summed E-state index contributed by atoms with van der Waals surface area (Å²) < 4.78 is 74.3. The molecule has 0 fully saturated rings. The number of esters is 2. The van der Waals surface area contributed by atoms with Crippen LogP contribution in [-0.2, 0) is 29.9 Å². The lowest BCUT2D eigenvalue weighted by atomic mass is 9.78. The molecule has 0 saturated carbocycles. The number of hydrogen-bond acceptors (Lipinski definition) is 7. The van der Waals surface area contributed by atoms with Gasteiger partial charge in [0.25, 0.3) is 5.95 Å². The molecular weight excluding hydrogens is 782 g/mol. The van der Waals surface area contributed by atoms with Crippen molar-refractivity contribution in [2.45, 2.75) is 37.8 Å². The van der Waals surface area contributed by atoms with Gasteiger partial charge in [-0.05, 0) is 93.4 Å². The molecule has 9 rings (SSSR count). The molecule has 0 amide bonds. The van der Waals surface area contributed by atoms with Crippen molar-refractivity contribution in [1.29, 1.82) is 0 Å². The summed E-state index contributed by atoms with van der Waals surface area (Å²) in [5.74, 6) is -1.29. The summed E-state index contributed by atoms with van der Waals surface area (Å²) in [6.45, 7) is 15.7. The summed E-state index contributed by atoms with van der Waals surface area (Å²) >= 11 is 0. The first-order valence-electron chi connectivity index (χ1n) is 19.4. The summed E-state index contributed by atoms with van der Waals surface area (Å²) in [5, 5.41) is 1.26. The maximum absolute atomic E-state index is 15.1. The first kappa shape index (κ1) is 39.1. The van der Waals surface area contributed by atoms with E-state index in [1.807, 2.05) is 24.3 Å². The van der Waals surface area contributed by atoms with Gasteiger partial charge in [-0.3, -0.25) is 0 Å². The number of carbonyl (C=O) groups is 2. The van der Waals surface area contributed by atoms with Crippen molar-refractivity contribution >= 4 is 33.9 Å². The maximum Gasteiger partial charge on any atom is 0.402 e. The summed E-state index contributed by atoms with van der Waals surface area (Å²) in [6, 6.07) is 33.0. The molecule has 10 heteroatoms. The minimum absolute atomic E-state index is 0.100. The Labute approximate surface area is 348 Å². The van der Waals surface area contributed by atoms with Crippen molar-refractivity contribution in [2.75, 3.05) is 6.79 Å². The molecule has 0 spiro atoms. The summed E-state index contributed by atoms with van der Waals surface area (Å²) in [5.41, 5.74) is 6.26. The Hall–Kier alpha value is -7.33. The van der Waals surface area contributed by atoms with Gasteiger partial charge in [0.2, 0.25) is 6.79 Å². The number of hydrogen-bond donors (Lipinski definition) is 0. The second kappa shape index (κ2) is 14.2. The molecule has 1 aromatic heterocycles. The van der Waals surface area contributed by atoms with Crippen LogP contribution in [0.15, 0.2) is 151 Å². The van der Waals surface area contributed by atoms with E-state index in [4.69, 9.17) is 23.4 Å². The van der Waals surface area contributed by atoms with E-state index in [-0.39, 0.29) is 34.0 Å². The molecule has 1 heterocycles. The Bertz CT molecular complexity index is 3040. The number of fused-ring (bicyclic) bond motifs is 9. The highest BCUT2D eigenvalue weighted by Crippen LogP contribution is 2.57. The minimum Gasteiger partial charge on any atom is -0.457 e. The minimum atomic E-state index is -4.61. The molecule has 304 valence electrons. The van der Waals surface area contributed by atoms with E-state index in [0.29, 0.717) is 49.8 Å². The van der Waals surface area contributed by atoms with Crippen LogP contribution in [0.1, 0.15) is 43.0 Å². The Kier molecular flexibility index (Phi) is 9.08. The topological polar surface area (TPSA) is 84.2 Å². The van der Waals surface area contributed by atoms with Crippen LogP contribution in [0.25, 0.3) is 66.4 Å². The van der Waals surface area contributed by atoms with E-state index < -0.39 is 30.3 Å². The molecule has 1 atom stereocenters. The van der Waals surface area contributed by atoms with Crippen molar-refractivity contribution in [2.24, 2.45) is 0 Å². The molecule has 7 nitrogen and oxygen atoms in total. The Balaban J connectivity index is 1.24. The second-order valence-electron chi connectivity index (χ2n) is 15.7. The zero-order valence-electron chi connectivity index (χ0n) is 33.4. The van der Waals surface area contributed by atoms with E-state index in [2.05, 4.69) is 57.8 Å². The number of halogens is 3. The molecule has 7 aromatic rings. The van der Waals surface area contributed by atoms with Crippen molar-refractivity contribution in [3.05, 3.63) is 169 Å². The normalized spacial score (nSPS) is 15.6. The van der Waals surface area contributed by atoms with Gasteiger partial charge in [-0.25, -0.2) is 9.59 Å². The third-order valence-corrected chi connectivity index (χ3v) is 11.9. The highest BCUT2D eigenvalue weighted by atomic mass is 19.4. The van der Waals surface area contributed by atoms with Gasteiger partial charge in [-0.1, -0.05) is 99.8 Å². The van der Waals surface area contributed by atoms with Crippen LogP contribution in [0.4, 0.5) is 13.2 Å². The molecule has 2 aliphatic rings. The zero-order chi connectivity index (χ0) is 43.0. The molecule has 0 aliphatic heterocycles. The molecule has 6 aromatic carbocycles. The van der Waals surface area contributed by atoms with Gasteiger partial charge >= 0.3 is 18.1 Å². The lowest BCUT2D eigenvalue weighted by molar-refractivity contribution is -0.172. The number of alkyl halides is 3. The fourth-order valence-corrected chi connectivity index (χ4v) is 8.83. The highest BCUT2D eigenvalue weighted by Gasteiger charge is 2.58. The molecule has 0 radical (unpaired) electrons. The van der Waals surface area contributed by atoms with Crippen LogP contribution in [0.5, 0.6) is 11.5 Å². The standard InChI is InChI=1S/C51H37F3O7/c1-7-47(55)58-27-57-43-25-45-37(23-35(43)30-18-20-34-32-14-10-12-16-40(32)50(6,42(34)22-30)51(52,53)54)38-24-36(44(26-46(38)61-45)59-28(3)60-48(56)8-2)29-17-19-33-31-13-9-11-15-39(31)49(4,5)41(33)21-29/h7-26H,1-3,27H2,4-6H3. The lowest BCUT2D eigenvalue weighted by Crippen LogP contribution is -2.38. The van der Waals surface area contributed by atoms with Crippen LogP contribution in [-0.4, -0.2) is 24.9 Å². The van der Waals surface area contributed by atoms with Crippen molar-refractivity contribution in [1.82, 2.24) is 0 Å². The monoisotopic (exact) mass is 818 g/mol. The summed E-state index contributed by atoms with van der Waals surface area (Å²) in [4.78, 5) is 24.1. The third kappa shape index (κ3) is 6.20. The number of furan rings is 1. The van der Waals surface area contributed by atoms with Crippen molar-refractivity contribution in [3.8, 4) is 56.0 Å². The fourth-order valence-electron chi connectivity index (χ4n) is 8.83. The third-order valence-electron chi connectivity index (χ3n) is 11.9. The summed E-state index contributed by atoms with van der Waals surface area (Å²) in [6.07, 6.45) is -2.62. The van der Waals surface area contributed by atoms with E-state index >= 15 is 13.2 Å². The predicted octanol–water partition coefficient (Wildman–Crippen LogP) is 12.7. The van der Waals surface area contributed by atoms with E-state index in [9.17, 15) is 9.59 Å². The number of ether oxygens (including phenoxy) is 4. The number of carbonyl (C=O) groups excluding carboxylic acids is 2. The molecule has 0 bridgehead atoms. The predicted molar refractivity (Wildman–Crippen MR) is 228 cm³/mol. The Morgan fingerprint density at radius 1 is 0.639 bits per heavy atom. The maximum atomic E-state index is 15.1. The Morgan fingerprint density at radius 2 is 1.16 bits per heavy atom. The average molecular weight is 819 g/mol. The second-order valence-corrected chi connectivity index (χ2v) is 15.7. The van der Waals surface area contributed by atoms with Crippen LogP contribution >= 0.6 is 0 Å². The SMILES string of the molecule is C=CC(=O)OCOc1cc2oc3cc(OC(=C)OC(=O)C=C)c(-c4ccc5c(c4)C(C)(C)c4ccccc4-5)cc3c2cc1-c1ccc2c(c1)C(C)(C(F)(F)F)c1ccccc1-2. The Morgan fingerprint density at radius 3 is 1.79 bits per heavy atom. The van der Waals surface area contributed by atoms with E-state index in [0.717, 1.165) is 34.4 Å². The van der Waals surface area contributed by atoms with Gasteiger partial charge in [0, 0.05) is 51.6 Å². The van der Waals surface area contributed by atoms with Gasteiger partial charge in [-0.15, -0.1) is 0 Å². The largest absolute Gasteiger partial charge is 0.457 e. The molecule has 0 saturated heterocycles.